The van der Waals surface area contributed by atoms with Gasteiger partial charge in [0.05, 0.1) is 6.10 Å². The molecule has 2 rings (SSSR count). The van der Waals surface area contributed by atoms with E-state index in [1.165, 1.54) is 25.7 Å². The number of nitrogens with one attached hydrogen (secondary N) is 1. The molecule has 2 fully saturated rings. The number of hydrogen-bond acceptors (Lipinski definition) is 3. The molecule has 4 nitrogen and oxygen atoms in total. The van der Waals surface area contributed by atoms with Gasteiger partial charge < -0.3 is 15.8 Å². The van der Waals surface area contributed by atoms with Crippen LogP contribution in [-0.2, 0) is 9.53 Å². The molecule has 18 heavy (non-hydrogen) atoms. The fraction of sp³-hybridized carbons (Fsp3) is 0.929. The molecule has 0 bridgehead atoms. The van der Waals surface area contributed by atoms with Gasteiger partial charge in [-0.15, -0.1) is 0 Å². The third kappa shape index (κ3) is 2.28. The third-order valence-corrected chi connectivity index (χ3v) is 4.80. The highest BCUT2D eigenvalue weighted by Gasteiger charge is 2.57. The van der Waals surface area contributed by atoms with Crippen LogP contribution in [0.1, 0.15) is 46.0 Å². The summed E-state index contributed by atoms with van der Waals surface area (Å²) in [6.45, 7) is 5.12. The first kappa shape index (κ1) is 13.8. The fourth-order valence-corrected chi connectivity index (χ4v) is 3.51. The zero-order valence-corrected chi connectivity index (χ0v) is 11.6. The highest BCUT2D eigenvalue weighted by atomic mass is 16.5. The molecule has 0 aromatic carbocycles. The van der Waals surface area contributed by atoms with Gasteiger partial charge in [-0.3, -0.25) is 4.79 Å². The average molecular weight is 254 g/mol. The van der Waals surface area contributed by atoms with Crippen molar-refractivity contribution in [2.45, 2.75) is 58.1 Å². The van der Waals surface area contributed by atoms with E-state index in [4.69, 9.17) is 10.5 Å². The minimum atomic E-state index is -0.0883. The van der Waals surface area contributed by atoms with Gasteiger partial charge in [0.1, 0.15) is 0 Å². The molecule has 1 amide bonds. The Morgan fingerprint density at radius 2 is 2.17 bits per heavy atom. The Bertz CT molecular complexity index is 300. The van der Waals surface area contributed by atoms with E-state index in [9.17, 15) is 4.79 Å². The van der Waals surface area contributed by atoms with Crippen LogP contribution in [0.3, 0.4) is 0 Å². The molecule has 3 atom stereocenters. The zero-order valence-electron chi connectivity index (χ0n) is 11.6. The molecule has 104 valence electrons. The van der Waals surface area contributed by atoms with E-state index in [-0.39, 0.29) is 17.2 Å². The summed E-state index contributed by atoms with van der Waals surface area (Å²) in [6.07, 6.45) is 6.24. The van der Waals surface area contributed by atoms with E-state index >= 15 is 0 Å². The predicted molar refractivity (Wildman–Crippen MR) is 71.1 cm³/mol. The van der Waals surface area contributed by atoms with Crippen molar-refractivity contribution in [2.75, 3.05) is 13.2 Å². The van der Waals surface area contributed by atoms with Crippen molar-refractivity contribution in [2.24, 2.45) is 17.1 Å². The van der Waals surface area contributed by atoms with E-state index < -0.39 is 0 Å². The molecule has 0 aromatic heterocycles. The Kier molecular flexibility index (Phi) is 4.28. The van der Waals surface area contributed by atoms with Crippen LogP contribution in [0.5, 0.6) is 0 Å². The Morgan fingerprint density at radius 3 is 2.72 bits per heavy atom. The summed E-state index contributed by atoms with van der Waals surface area (Å²) < 4.78 is 5.84. The van der Waals surface area contributed by atoms with Crippen molar-refractivity contribution in [1.29, 1.82) is 0 Å². The maximum Gasteiger partial charge on any atom is 0.224 e. The van der Waals surface area contributed by atoms with Crippen LogP contribution < -0.4 is 11.1 Å². The summed E-state index contributed by atoms with van der Waals surface area (Å²) >= 11 is 0. The van der Waals surface area contributed by atoms with Gasteiger partial charge in [0, 0.05) is 30.5 Å². The zero-order chi connectivity index (χ0) is 13.2. The highest BCUT2D eigenvalue weighted by Crippen LogP contribution is 2.54. The summed E-state index contributed by atoms with van der Waals surface area (Å²) in [5.74, 6) is 0.0123. The smallest absolute Gasteiger partial charge is 0.224 e. The Morgan fingerprint density at radius 1 is 1.50 bits per heavy atom. The minimum absolute atomic E-state index is 0.0883. The maximum absolute atomic E-state index is 11.9. The lowest BCUT2D eigenvalue weighted by Crippen LogP contribution is -2.64. The molecule has 0 radical (unpaired) electrons. The number of carbonyl (C=O) groups is 1. The second kappa shape index (κ2) is 5.57. The van der Waals surface area contributed by atoms with Crippen molar-refractivity contribution in [3.63, 3.8) is 0 Å². The lowest BCUT2D eigenvalue weighted by Gasteiger charge is -2.54. The van der Waals surface area contributed by atoms with Gasteiger partial charge in [0.2, 0.25) is 5.91 Å². The molecule has 0 aromatic rings. The second-order valence-electron chi connectivity index (χ2n) is 5.82. The molecular weight excluding hydrogens is 228 g/mol. The first-order chi connectivity index (χ1) is 8.64. The molecule has 3 N–H and O–H groups in total. The van der Waals surface area contributed by atoms with Crippen LogP contribution >= 0.6 is 0 Å². The summed E-state index contributed by atoms with van der Waals surface area (Å²) in [4.78, 5) is 11.9. The first-order valence-corrected chi connectivity index (χ1v) is 7.26. The fourth-order valence-electron chi connectivity index (χ4n) is 3.51. The van der Waals surface area contributed by atoms with Crippen molar-refractivity contribution < 1.29 is 9.53 Å². The molecule has 0 aliphatic heterocycles. The van der Waals surface area contributed by atoms with Gasteiger partial charge in [-0.05, 0) is 26.2 Å². The van der Waals surface area contributed by atoms with Crippen LogP contribution in [0.4, 0.5) is 0 Å². The topological polar surface area (TPSA) is 64.3 Å². The van der Waals surface area contributed by atoms with Gasteiger partial charge in [0.25, 0.3) is 0 Å². The number of ether oxygens (including phenoxy) is 1. The highest BCUT2D eigenvalue weighted by molar-refractivity contribution is 5.79. The molecule has 2 aliphatic carbocycles. The Balaban J connectivity index is 1.96. The number of amides is 1. The second-order valence-corrected chi connectivity index (χ2v) is 5.82. The number of rotatable bonds is 5. The molecule has 1 spiro atoms. The molecule has 3 unspecified atom stereocenters. The van der Waals surface area contributed by atoms with Crippen molar-refractivity contribution in [3.05, 3.63) is 0 Å². The largest absolute Gasteiger partial charge is 0.378 e. The molecular formula is C14H26N2O2. The van der Waals surface area contributed by atoms with Gasteiger partial charge in [-0.1, -0.05) is 19.8 Å². The van der Waals surface area contributed by atoms with Gasteiger partial charge in [-0.2, -0.15) is 0 Å². The Labute approximate surface area is 110 Å². The van der Waals surface area contributed by atoms with Crippen LogP contribution in [-0.4, -0.2) is 31.2 Å². The van der Waals surface area contributed by atoms with E-state index in [1.54, 1.807) is 0 Å². The van der Waals surface area contributed by atoms with Crippen molar-refractivity contribution in [3.8, 4) is 0 Å². The van der Waals surface area contributed by atoms with Gasteiger partial charge >= 0.3 is 0 Å². The normalized spacial score (nSPS) is 31.1. The SMILES string of the molecule is CCOC1CC(NC(=O)C(C)CN)C12CCCC2. The number of carbonyl (C=O) groups excluding carboxylic acids is 1. The maximum atomic E-state index is 11.9. The minimum Gasteiger partial charge on any atom is -0.378 e. The summed E-state index contributed by atoms with van der Waals surface area (Å²) in [5.41, 5.74) is 5.76. The third-order valence-electron chi connectivity index (χ3n) is 4.80. The van der Waals surface area contributed by atoms with Gasteiger partial charge in [-0.25, -0.2) is 0 Å². The van der Waals surface area contributed by atoms with Crippen LogP contribution in [0.2, 0.25) is 0 Å². The number of hydrogen-bond donors (Lipinski definition) is 2. The Hall–Kier alpha value is -0.610. The monoisotopic (exact) mass is 254 g/mol. The van der Waals surface area contributed by atoms with E-state index in [0.29, 0.717) is 18.7 Å². The van der Waals surface area contributed by atoms with E-state index in [0.717, 1.165) is 13.0 Å². The average Bonchev–Trinajstić information content (AvgIpc) is 2.88. The van der Waals surface area contributed by atoms with Crippen LogP contribution in [0.15, 0.2) is 0 Å². The van der Waals surface area contributed by atoms with Crippen LogP contribution in [0.25, 0.3) is 0 Å². The molecule has 0 heterocycles. The standard InChI is InChI=1S/C14H26N2O2/c1-3-18-12-8-11(14(12)6-4-5-7-14)16-13(17)10(2)9-15/h10-12H,3-9,15H2,1-2H3,(H,16,17). The molecule has 2 aliphatic rings. The first-order valence-electron chi connectivity index (χ1n) is 7.26. The summed E-state index contributed by atoms with van der Waals surface area (Å²) in [5, 5.41) is 3.19. The molecule has 0 saturated heterocycles. The lowest BCUT2D eigenvalue weighted by molar-refractivity contribution is -0.146. The molecule has 4 heteroatoms. The van der Waals surface area contributed by atoms with Crippen LogP contribution in [0, 0.1) is 11.3 Å². The summed E-state index contributed by atoms with van der Waals surface area (Å²) in [6, 6.07) is 0.304. The van der Waals surface area contributed by atoms with Crippen molar-refractivity contribution >= 4 is 5.91 Å². The van der Waals surface area contributed by atoms with E-state index in [2.05, 4.69) is 5.32 Å². The quantitative estimate of drug-likeness (QED) is 0.780. The lowest BCUT2D eigenvalue weighted by atomic mass is 9.60. The van der Waals surface area contributed by atoms with Crippen molar-refractivity contribution in [1.82, 2.24) is 5.32 Å². The van der Waals surface area contributed by atoms with E-state index in [1.807, 2.05) is 13.8 Å². The van der Waals surface area contributed by atoms with Gasteiger partial charge in [0.15, 0.2) is 0 Å². The predicted octanol–water partition coefficient (Wildman–Crippen LogP) is 1.44. The summed E-state index contributed by atoms with van der Waals surface area (Å²) in [7, 11) is 0. The molecule has 2 saturated carbocycles. The number of nitrogens with two attached hydrogens (primary N) is 1.